The van der Waals surface area contributed by atoms with Crippen LogP contribution >= 0.6 is 23.2 Å². The van der Waals surface area contributed by atoms with Crippen LogP contribution in [-0.4, -0.2) is 59.1 Å². The van der Waals surface area contributed by atoms with Crippen molar-refractivity contribution < 1.29 is 41.0 Å². The minimum Gasteiger partial charge on any atom is -0.481 e. The van der Waals surface area contributed by atoms with Crippen molar-refractivity contribution in [1.29, 1.82) is 0 Å². The number of carbonyl (C=O) groups is 2. The summed E-state index contributed by atoms with van der Waals surface area (Å²) in [5, 5.41) is 10.0. The van der Waals surface area contributed by atoms with Gasteiger partial charge in [0, 0.05) is 10.0 Å². The van der Waals surface area contributed by atoms with Gasteiger partial charge in [0.05, 0.1) is 35.4 Å². The molecule has 3 rings (SSSR count). The average Bonchev–Trinajstić information content (AvgIpc) is 2.78. The molecule has 2 aromatic carbocycles. The summed E-state index contributed by atoms with van der Waals surface area (Å²) in [7, 11) is -4.18. The lowest BCUT2D eigenvalue weighted by atomic mass is 9.89. The monoisotopic (exact) mass is 609 g/mol. The molecule has 1 saturated heterocycles. The number of morpholine rings is 1. The average molecular weight is 610 g/mol. The van der Waals surface area contributed by atoms with Gasteiger partial charge in [-0.25, -0.2) is 8.42 Å². The van der Waals surface area contributed by atoms with E-state index in [1.165, 1.54) is 51.1 Å². The predicted molar refractivity (Wildman–Crippen MR) is 140 cm³/mol. The van der Waals surface area contributed by atoms with E-state index in [0.717, 1.165) is 4.90 Å². The number of hydrogen-bond donors (Lipinski definition) is 1. The maximum absolute atomic E-state index is 13.9. The number of amides is 1. The molecule has 0 aliphatic carbocycles. The van der Waals surface area contributed by atoms with E-state index in [1.54, 1.807) is 18.2 Å². The second-order valence-corrected chi connectivity index (χ2v) is 14.0. The quantitative estimate of drug-likeness (QED) is 0.393. The van der Waals surface area contributed by atoms with E-state index in [0.29, 0.717) is 16.1 Å². The highest BCUT2D eigenvalue weighted by atomic mass is 35.5. The van der Waals surface area contributed by atoms with Crippen LogP contribution in [0.1, 0.15) is 56.9 Å². The largest absolute Gasteiger partial charge is 0.481 e. The van der Waals surface area contributed by atoms with Crippen LogP contribution in [0.25, 0.3) is 0 Å². The Balaban J connectivity index is 2.29. The van der Waals surface area contributed by atoms with E-state index in [2.05, 4.69) is 0 Å². The summed E-state index contributed by atoms with van der Waals surface area (Å²) in [5.74, 6) is -3.49. The zero-order valence-corrected chi connectivity index (χ0v) is 23.6. The number of halogens is 5. The first-order valence-electron chi connectivity index (χ1n) is 11.9. The Morgan fingerprint density at radius 3 is 2.18 bits per heavy atom. The minimum absolute atomic E-state index is 0.270. The second kappa shape index (κ2) is 11.6. The van der Waals surface area contributed by atoms with Crippen molar-refractivity contribution in [1.82, 2.24) is 4.90 Å². The number of hydrogen-bond acceptors (Lipinski definition) is 5. The molecule has 1 fully saturated rings. The summed E-state index contributed by atoms with van der Waals surface area (Å²) >= 11 is 12.2. The van der Waals surface area contributed by atoms with Gasteiger partial charge in [-0.1, -0.05) is 47.5 Å². The molecule has 214 valence electrons. The van der Waals surface area contributed by atoms with E-state index in [1.807, 2.05) is 0 Å². The molecule has 1 aliphatic heterocycles. The van der Waals surface area contributed by atoms with Gasteiger partial charge in [-0.2, -0.15) is 13.2 Å². The number of ether oxygens (including phenoxy) is 1. The fraction of sp³-hybridized carbons (Fsp3) is 0.462. The number of aliphatic carboxylic acids is 1. The Kier molecular flexibility index (Phi) is 9.31. The van der Waals surface area contributed by atoms with E-state index < -0.39 is 75.5 Å². The lowest BCUT2D eigenvalue weighted by Crippen LogP contribution is -2.58. The number of carboxylic acid groups (broad SMARTS) is 1. The third-order valence-electron chi connectivity index (χ3n) is 6.38. The number of sulfone groups is 1. The number of rotatable bonds is 8. The molecule has 7 nitrogen and oxygen atoms in total. The van der Waals surface area contributed by atoms with Crippen LogP contribution in [0.3, 0.4) is 0 Å². The lowest BCUT2D eigenvalue weighted by Gasteiger charge is -2.48. The van der Waals surface area contributed by atoms with Crippen molar-refractivity contribution in [3.05, 3.63) is 69.7 Å². The van der Waals surface area contributed by atoms with Crippen molar-refractivity contribution in [2.45, 2.75) is 68.8 Å². The van der Waals surface area contributed by atoms with E-state index in [9.17, 15) is 36.3 Å². The van der Waals surface area contributed by atoms with Crippen molar-refractivity contribution in [3.63, 3.8) is 0 Å². The Bertz CT molecular complexity index is 1310. The number of carbonyl (C=O) groups excluding carboxylic acids is 1. The lowest BCUT2D eigenvalue weighted by molar-refractivity contribution is -0.191. The second-order valence-electron chi connectivity index (χ2n) is 10.3. The van der Waals surface area contributed by atoms with Gasteiger partial charge in [-0.3, -0.25) is 9.59 Å². The molecule has 1 amide bonds. The normalized spacial score (nSPS) is 21.6. The van der Waals surface area contributed by atoms with Crippen LogP contribution in [0.5, 0.6) is 0 Å². The van der Waals surface area contributed by atoms with E-state index >= 15 is 0 Å². The fourth-order valence-corrected chi connectivity index (χ4v) is 6.02. The van der Waals surface area contributed by atoms with Crippen molar-refractivity contribution >= 4 is 44.9 Å². The number of alkyl halides is 3. The van der Waals surface area contributed by atoms with Crippen molar-refractivity contribution in [2.75, 3.05) is 5.75 Å². The standard InChI is InChI=1S/C26H28Cl2F3NO6S/c1-25(2,3)39(36,37)14-19(13-26(29,30)31)32-22(15-7-9-17(27)10-8-15)23(16-5-4-6-18(28)11-16)38-20(24(32)35)12-21(33)34/h4-11,19-20,22-23H,12-14H2,1-3H3,(H,33,34)/t19-,20-,22+,23+/m0/s1. The van der Waals surface area contributed by atoms with E-state index in [4.69, 9.17) is 27.9 Å². The molecule has 4 atom stereocenters. The van der Waals surface area contributed by atoms with Gasteiger partial charge in [0.15, 0.2) is 9.84 Å². The summed E-state index contributed by atoms with van der Waals surface area (Å²) in [4.78, 5) is 26.2. The Morgan fingerprint density at radius 1 is 1.05 bits per heavy atom. The van der Waals surface area contributed by atoms with Crippen LogP contribution in [0.15, 0.2) is 48.5 Å². The van der Waals surface area contributed by atoms with Gasteiger partial charge in [0.1, 0.15) is 12.2 Å². The summed E-state index contributed by atoms with van der Waals surface area (Å²) < 4.78 is 72.7. The molecule has 13 heteroatoms. The van der Waals surface area contributed by atoms with Gasteiger partial charge in [0.25, 0.3) is 5.91 Å². The fourth-order valence-electron chi connectivity index (χ4n) is 4.41. The summed E-state index contributed by atoms with van der Waals surface area (Å²) in [6, 6.07) is 9.00. The smallest absolute Gasteiger partial charge is 0.391 e. The van der Waals surface area contributed by atoms with Crippen LogP contribution < -0.4 is 0 Å². The Labute approximate surface area is 234 Å². The zero-order chi connectivity index (χ0) is 29.3. The molecular formula is C26H28Cl2F3NO6S. The highest BCUT2D eigenvalue weighted by Gasteiger charge is 2.51. The van der Waals surface area contributed by atoms with Crippen molar-refractivity contribution in [3.8, 4) is 0 Å². The van der Waals surface area contributed by atoms with Crippen LogP contribution in [-0.2, 0) is 24.2 Å². The SMILES string of the molecule is CC(C)(C)S(=O)(=O)C[C@H](CC(F)(F)F)N1C(=O)[C@H](CC(=O)O)O[C@H](c2cccc(Cl)c2)[C@H]1c1ccc(Cl)cc1. The first kappa shape index (κ1) is 31.2. The molecule has 39 heavy (non-hydrogen) atoms. The molecule has 0 radical (unpaired) electrons. The predicted octanol–water partition coefficient (Wildman–Crippen LogP) is 6.01. The molecule has 0 saturated carbocycles. The van der Waals surface area contributed by atoms with Crippen LogP contribution in [0, 0.1) is 0 Å². The van der Waals surface area contributed by atoms with Crippen molar-refractivity contribution in [2.24, 2.45) is 0 Å². The first-order chi connectivity index (χ1) is 17.9. The minimum atomic E-state index is -4.85. The number of benzene rings is 2. The topological polar surface area (TPSA) is 101 Å². The van der Waals surface area contributed by atoms with Gasteiger partial charge in [-0.15, -0.1) is 0 Å². The molecule has 2 aromatic rings. The Hall–Kier alpha value is -2.34. The third kappa shape index (κ3) is 7.65. The molecule has 1 heterocycles. The molecule has 1 N–H and O–H groups in total. The van der Waals surface area contributed by atoms with Crippen LogP contribution in [0.4, 0.5) is 13.2 Å². The summed E-state index contributed by atoms with van der Waals surface area (Å²) in [6.07, 6.45) is -10.2. The summed E-state index contributed by atoms with van der Waals surface area (Å²) in [6.45, 7) is 4.06. The molecule has 0 spiro atoms. The van der Waals surface area contributed by atoms with E-state index in [-0.39, 0.29) is 5.02 Å². The molecule has 0 aromatic heterocycles. The number of nitrogens with zero attached hydrogens (tertiary/aromatic N) is 1. The van der Waals surface area contributed by atoms with Gasteiger partial charge in [0.2, 0.25) is 0 Å². The van der Waals surface area contributed by atoms with Gasteiger partial charge < -0.3 is 14.7 Å². The molecular weight excluding hydrogens is 582 g/mol. The highest BCUT2D eigenvalue weighted by molar-refractivity contribution is 7.92. The molecule has 0 unspecified atom stereocenters. The number of carboxylic acids is 1. The summed E-state index contributed by atoms with van der Waals surface area (Å²) in [5.41, 5.74) is 0.673. The zero-order valence-electron chi connectivity index (χ0n) is 21.3. The maximum atomic E-state index is 13.9. The highest BCUT2D eigenvalue weighted by Crippen LogP contribution is 2.46. The molecule has 1 aliphatic rings. The Morgan fingerprint density at radius 2 is 1.67 bits per heavy atom. The van der Waals surface area contributed by atoms with Gasteiger partial charge in [-0.05, 0) is 56.2 Å². The van der Waals surface area contributed by atoms with Crippen LogP contribution in [0.2, 0.25) is 10.0 Å². The maximum Gasteiger partial charge on any atom is 0.391 e. The van der Waals surface area contributed by atoms with Gasteiger partial charge >= 0.3 is 12.1 Å². The molecule has 0 bridgehead atoms. The first-order valence-corrected chi connectivity index (χ1v) is 14.3. The third-order valence-corrected chi connectivity index (χ3v) is 9.56.